The molecule has 0 bridgehead atoms. The van der Waals surface area contributed by atoms with Crippen molar-refractivity contribution in [2.75, 3.05) is 30.8 Å². The molecule has 1 heterocycles. The Labute approximate surface area is 115 Å². The molecule has 0 aliphatic heterocycles. The number of ether oxygens (including phenoxy) is 2. The Morgan fingerprint density at radius 1 is 1.32 bits per heavy atom. The molecule has 0 aliphatic carbocycles. The molecule has 1 aromatic heterocycles. The zero-order chi connectivity index (χ0) is 14.3. The molecule has 0 fully saturated rings. The maximum Gasteiger partial charge on any atom is 0.239 e. The number of hydrogen-bond donors (Lipinski definition) is 2. The molecular weight excluding hydrogens is 242 g/mol. The summed E-state index contributed by atoms with van der Waals surface area (Å²) in [5.74, 6) is 1.24. The maximum atomic E-state index is 5.86. The lowest BCUT2D eigenvalue weighted by atomic mass is 10.2. The van der Waals surface area contributed by atoms with E-state index >= 15 is 0 Å². The third-order valence-corrected chi connectivity index (χ3v) is 2.27. The first kappa shape index (κ1) is 15.6. The predicted octanol–water partition coefficient (Wildman–Crippen LogP) is 2.68. The Balaban J connectivity index is 2.53. The van der Waals surface area contributed by atoms with Gasteiger partial charge in [0.15, 0.2) is 0 Å². The topological polar surface area (TPSA) is 69.4 Å². The van der Waals surface area contributed by atoms with Gasteiger partial charge in [-0.25, -0.2) is 0 Å². The van der Waals surface area contributed by atoms with Crippen molar-refractivity contribution in [3.8, 4) is 5.88 Å². The van der Waals surface area contributed by atoms with Crippen molar-refractivity contribution in [1.29, 1.82) is 0 Å². The van der Waals surface area contributed by atoms with Gasteiger partial charge in [0.25, 0.3) is 0 Å². The Morgan fingerprint density at radius 2 is 2.05 bits per heavy atom. The third-order valence-electron chi connectivity index (χ3n) is 2.27. The van der Waals surface area contributed by atoms with Gasteiger partial charge in [0.2, 0.25) is 5.88 Å². The first-order valence-electron chi connectivity index (χ1n) is 6.69. The van der Waals surface area contributed by atoms with Crippen LogP contribution in [0.3, 0.4) is 0 Å². The van der Waals surface area contributed by atoms with E-state index in [0.29, 0.717) is 11.6 Å². The van der Waals surface area contributed by atoms with Crippen LogP contribution < -0.4 is 15.8 Å². The van der Waals surface area contributed by atoms with Crippen LogP contribution in [0.25, 0.3) is 0 Å². The molecule has 5 heteroatoms. The molecule has 0 aliphatic rings. The number of nitrogen functional groups attached to an aromatic ring is 1. The summed E-state index contributed by atoms with van der Waals surface area (Å²) in [7, 11) is 0. The van der Waals surface area contributed by atoms with E-state index < -0.39 is 0 Å². The molecule has 19 heavy (non-hydrogen) atoms. The van der Waals surface area contributed by atoms with Crippen LogP contribution in [-0.2, 0) is 4.74 Å². The van der Waals surface area contributed by atoms with Gasteiger partial charge in [0.1, 0.15) is 11.4 Å². The van der Waals surface area contributed by atoms with Crippen LogP contribution in [0.15, 0.2) is 12.1 Å². The zero-order valence-corrected chi connectivity index (χ0v) is 12.3. The van der Waals surface area contributed by atoms with Crippen molar-refractivity contribution < 1.29 is 9.47 Å². The van der Waals surface area contributed by atoms with Crippen LogP contribution >= 0.6 is 0 Å². The molecule has 0 radical (unpaired) electrons. The van der Waals surface area contributed by atoms with Gasteiger partial charge >= 0.3 is 0 Å². The van der Waals surface area contributed by atoms with Crippen molar-refractivity contribution >= 4 is 11.5 Å². The molecule has 0 unspecified atom stereocenters. The SMILES string of the molecule is CCOCCCNc1ccc(N)c(OC(C)(C)C)n1. The van der Waals surface area contributed by atoms with Gasteiger partial charge in [-0.05, 0) is 46.2 Å². The van der Waals surface area contributed by atoms with E-state index in [1.54, 1.807) is 6.07 Å². The average molecular weight is 267 g/mol. The number of anilines is 2. The molecule has 1 rings (SSSR count). The van der Waals surface area contributed by atoms with Crippen LogP contribution in [-0.4, -0.2) is 30.3 Å². The standard InChI is InChI=1S/C14H25N3O2/c1-5-18-10-6-9-16-12-8-7-11(15)13(17-12)19-14(2,3)4/h7-8H,5-6,9-10,15H2,1-4H3,(H,16,17). The molecule has 0 amide bonds. The van der Waals surface area contributed by atoms with E-state index in [4.69, 9.17) is 15.2 Å². The minimum absolute atomic E-state index is 0.311. The number of aromatic nitrogens is 1. The maximum absolute atomic E-state index is 5.86. The lowest BCUT2D eigenvalue weighted by molar-refractivity contribution is 0.125. The highest BCUT2D eigenvalue weighted by Crippen LogP contribution is 2.24. The Hall–Kier alpha value is -1.49. The second-order valence-corrected chi connectivity index (χ2v) is 5.28. The van der Waals surface area contributed by atoms with Gasteiger partial charge in [0, 0.05) is 19.8 Å². The summed E-state index contributed by atoms with van der Waals surface area (Å²) >= 11 is 0. The molecule has 5 nitrogen and oxygen atoms in total. The summed E-state index contributed by atoms with van der Waals surface area (Å²) < 4.78 is 11.0. The minimum atomic E-state index is -0.311. The summed E-state index contributed by atoms with van der Waals surface area (Å²) in [6.45, 7) is 10.2. The number of nitrogens with two attached hydrogens (primary N) is 1. The van der Waals surface area contributed by atoms with Gasteiger partial charge in [-0.3, -0.25) is 0 Å². The van der Waals surface area contributed by atoms with Gasteiger partial charge in [0.05, 0.1) is 5.69 Å². The molecule has 0 atom stereocenters. The summed E-state index contributed by atoms with van der Waals surface area (Å²) in [5.41, 5.74) is 6.10. The van der Waals surface area contributed by atoms with Crippen molar-refractivity contribution in [2.45, 2.75) is 39.7 Å². The van der Waals surface area contributed by atoms with E-state index in [-0.39, 0.29) is 5.60 Å². The molecule has 1 aromatic rings. The predicted molar refractivity (Wildman–Crippen MR) is 78.6 cm³/mol. The van der Waals surface area contributed by atoms with E-state index in [9.17, 15) is 0 Å². The summed E-state index contributed by atoms with van der Waals surface area (Å²) in [6, 6.07) is 3.66. The van der Waals surface area contributed by atoms with Crippen LogP contribution in [0.1, 0.15) is 34.1 Å². The average Bonchev–Trinajstić information content (AvgIpc) is 2.31. The molecule has 3 N–H and O–H groups in total. The van der Waals surface area contributed by atoms with Crippen LogP contribution in [0.5, 0.6) is 5.88 Å². The largest absolute Gasteiger partial charge is 0.470 e. The third kappa shape index (κ3) is 6.29. The Kier molecular flexibility index (Phi) is 5.89. The smallest absolute Gasteiger partial charge is 0.239 e. The highest BCUT2D eigenvalue weighted by molar-refractivity contribution is 5.53. The summed E-state index contributed by atoms with van der Waals surface area (Å²) in [6.07, 6.45) is 0.940. The second kappa shape index (κ2) is 7.19. The fourth-order valence-electron chi connectivity index (χ4n) is 1.46. The van der Waals surface area contributed by atoms with Crippen molar-refractivity contribution in [3.05, 3.63) is 12.1 Å². The fourth-order valence-corrected chi connectivity index (χ4v) is 1.46. The number of rotatable bonds is 7. The van der Waals surface area contributed by atoms with Gasteiger partial charge in [-0.1, -0.05) is 0 Å². The zero-order valence-electron chi connectivity index (χ0n) is 12.3. The molecule has 0 spiro atoms. The second-order valence-electron chi connectivity index (χ2n) is 5.28. The highest BCUT2D eigenvalue weighted by atomic mass is 16.5. The summed E-state index contributed by atoms with van der Waals surface area (Å²) in [5, 5.41) is 3.23. The number of hydrogen-bond acceptors (Lipinski definition) is 5. The highest BCUT2D eigenvalue weighted by Gasteiger charge is 2.15. The Morgan fingerprint density at radius 3 is 2.68 bits per heavy atom. The lowest BCUT2D eigenvalue weighted by Gasteiger charge is -2.21. The quantitative estimate of drug-likeness (QED) is 0.743. The van der Waals surface area contributed by atoms with Crippen LogP contribution in [0.4, 0.5) is 11.5 Å². The minimum Gasteiger partial charge on any atom is -0.470 e. The first-order valence-corrected chi connectivity index (χ1v) is 6.69. The number of pyridine rings is 1. The lowest BCUT2D eigenvalue weighted by Crippen LogP contribution is -2.24. The number of nitrogens with one attached hydrogen (secondary N) is 1. The molecule has 0 aromatic carbocycles. The van der Waals surface area contributed by atoms with Crippen LogP contribution in [0.2, 0.25) is 0 Å². The van der Waals surface area contributed by atoms with E-state index in [1.165, 1.54) is 0 Å². The van der Waals surface area contributed by atoms with E-state index in [2.05, 4.69) is 10.3 Å². The van der Waals surface area contributed by atoms with Crippen molar-refractivity contribution in [2.24, 2.45) is 0 Å². The normalized spacial score (nSPS) is 11.4. The van der Waals surface area contributed by atoms with E-state index in [0.717, 1.165) is 32.0 Å². The van der Waals surface area contributed by atoms with Gasteiger partial charge in [-0.15, -0.1) is 0 Å². The van der Waals surface area contributed by atoms with Crippen molar-refractivity contribution in [1.82, 2.24) is 4.98 Å². The molecule has 0 saturated heterocycles. The first-order chi connectivity index (χ1) is 8.92. The van der Waals surface area contributed by atoms with E-state index in [1.807, 2.05) is 33.8 Å². The monoisotopic (exact) mass is 267 g/mol. The summed E-state index contributed by atoms with van der Waals surface area (Å²) in [4.78, 5) is 4.38. The molecule has 108 valence electrons. The Bertz CT molecular complexity index is 389. The van der Waals surface area contributed by atoms with Crippen LogP contribution in [0, 0.1) is 0 Å². The molecular formula is C14H25N3O2. The number of nitrogens with zero attached hydrogens (tertiary/aromatic N) is 1. The van der Waals surface area contributed by atoms with Crippen molar-refractivity contribution in [3.63, 3.8) is 0 Å². The van der Waals surface area contributed by atoms with Gasteiger partial charge < -0.3 is 20.5 Å². The van der Waals surface area contributed by atoms with Gasteiger partial charge in [-0.2, -0.15) is 4.98 Å². The molecule has 0 saturated carbocycles. The fraction of sp³-hybridized carbons (Fsp3) is 0.643.